The van der Waals surface area contributed by atoms with E-state index in [4.69, 9.17) is 23.2 Å². The van der Waals surface area contributed by atoms with E-state index in [-0.39, 0.29) is 34.1 Å². The first kappa shape index (κ1) is 16.2. The van der Waals surface area contributed by atoms with Crippen molar-refractivity contribution in [1.29, 1.82) is 0 Å². The Morgan fingerprint density at radius 3 is 2.63 bits per heavy atom. The summed E-state index contributed by atoms with van der Waals surface area (Å²) in [6, 6.07) is 1.41. The second kappa shape index (κ2) is 7.68. The molecule has 4 nitrogen and oxygen atoms in total. The van der Waals surface area contributed by atoms with Gasteiger partial charge in [-0.3, -0.25) is 4.79 Å². The molecule has 0 aliphatic rings. The lowest BCUT2D eigenvalue weighted by atomic mass is 9.96. The maximum absolute atomic E-state index is 11.9. The summed E-state index contributed by atoms with van der Waals surface area (Å²) in [5.74, 6) is -0.184. The maximum Gasteiger partial charge on any atom is 0.253 e. The second-order valence-corrected chi connectivity index (χ2v) is 5.14. The third-order valence-electron chi connectivity index (χ3n) is 3.13. The fourth-order valence-electron chi connectivity index (χ4n) is 1.88. The van der Waals surface area contributed by atoms with Gasteiger partial charge < -0.3 is 10.4 Å². The smallest absolute Gasteiger partial charge is 0.253 e. The number of carbonyl (C=O) groups excluding carboxylic acids is 1. The predicted molar refractivity (Wildman–Crippen MR) is 76.7 cm³/mol. The Morgan fingerprint density at radius 2 is 2.05 bits per heavy atom. The molecule has 1 amide bonds. The number of aliphatic hydroxyl groups excluding tert-OH is 1. The molecule has 0 radical (unpaired) electrons. The summed E-state index contributed by atoms with van der Waals surface area (Å²) in [7, 11) is 0. The Balaban J connectivity index is 2.63. The van der Waals surface area contributed by atoms with Gasteiger partial charge in [-0.15, -0.1) is 0 Å². The molecule has 0 aliphatic heterocycles. The van der Waals surface area contributed by atoms with Crippen molar-refractivity contribution in [2.24, 2.45) is 5.92 Å². The minimum atomic E-state index is -0.560. The molecular weight excluding hydrogens is 287 g/mol. The molecule has 6 heteroatoms. The number of hydrogen-bond acceptors (Lipinski definition) is 3. The summed E-state index contributed by atoms with van der Waals surface area (Å²) in [4.78, 5) is 15.7. The first-order valence-corrected chi connectivity index (χ1v) is 7.02. The number of nitrogens with zero attached hydrogens (tertiary/aromatic N) is 1. The fraction of sp³-hybridized carbons (Fsp3) is 0.538. The van der Waals surface area contributed by atoms with E-state index in [1.807, 2.05) is 13.8 Å². The molecule has 0 saturated heterocycles. The van der Waals surface area contributed by atoms with Crippen LogP contribution in [0.3, 0.4) is 0 Å². The molecule has 0 bridgehead atoms. The van der Waals surface area contributed by atoms with Crippen molar-refractivity contribution in [2.45, 2.75) is 32.8 Å². The van der Waals surface area contributed by atoms with E-state index in [1.54, 1.807) is 0 Å². The van der Waals surface area contributed by atoms with Crippen LogP contribution in [0.1, 0.15) is 37.0 Å². The first-order valence-electron chi connectivity index (χ1n) is 6.26. The number of nitrogens with one attached hydrogen (secondary N) is 1. The Hall–Kier alpha value is -0.840. The van der Waals surface area contributed by atoms with E-state index in [0.717, 1.165) is 12.8 Å². The second-order valence-electron chi connectivity index (χ2n) is 4.34. The molecule has 0 aromatic carbocycles. The van der Waals surface area contributed by atoms with Gasteiger partial charge in [-0.25, -0.2) is 4.98 Å². The first-order chi connectivity index (χ1) is 8.99. The number of rotatable bonds is 6. The number of amides is 1. The zero-order valence-electron chi connectivity index (χ0n) is 11.0. The van der Waals surface area contributed by atoms with E-state index in [9.17, 15) is 9.90 Å². The van der Waals surface area contributed by atoms with Gasteiger partial charge in [0.1, 0.15) is 5.15 Å². The van der Waals surface area contributed by atoms with Gasteiger partial charge in [0.2, 0.25) is 0 Å². The monoisotopic (exact) mass is 304 g/mol. The lowest BCUT2D eigenvalue weighted by Crippen LogP contribution is -2.36. The molecule has 19 heavy (non-hydrogen) atoms. The van der Waals surface area contributed by atoms with Gasteiger partial charge in [-0.2, -0.15) is 0 Å². The highest BCUT2D eigenvalue weighted by Gasteiger charge is 2.18. The third kappa shape index (κ3) is 4.64. The van der Waals surface area contributed by atoms with Crippen LogP contribution in [0.25, 0.3) is 0 Å². The molecule has 0 fully saturated rings. The lowest BCUT2D eigenvalue weighted by molar-refractivity contribution is 0.0816. The number of aromatic nitrogens is 1. The minimum absolute atomic E-state index is 0.178. The SMILES string of the molecule is CCC(CC)C(O)CNC(=O)c1cc(Cl)ncc1Cl. The summed E-state index contributed by atoms with van der Waals surface area (Å²) >= 11 is 11.6. The van der Waals surface area contributed by atoms with Crippen molar-refractivity contribution < 1.29 is 9.90 Å². The van der Waals surface area contributed by atoms with E-state index in [1.165, 1.54) is 12.3 Å². The highest BCUT2D eigenvalue weighted by Crippen LogP contribution is 2.18. The molecule has 1 rings (SSSR count). The zero-order chi connectivity index (χ0) is 14.4. The van der Waals surface area contributed by atoms with Crippen LogP contribution in [0, 0.1) is 5.92 Å². The molecule has 0 aliphatic carbocycles. The molecule has 1 aromatic heterocycles. The quantitative estimate of drug-likeness (QED) is 0.794. The van der Waals surface area contributed by atoms with Crippen LogP contribution in [-0.4, -0.2) is 28.6 Å². The predicted octanol–water partition coefficient (Wildman–Crippen LogP) is 2.92. The standard InChI is InChI=1S/C13H18Cl2N2O2/c1-3-8(4-2)11(18)7-17-13(19)9-5-12(15)16-6-10(9)14/h5-6,8,11,18H,3-4,7H2,1-2H3,(H,17,19). The van der Waals surface area contributed by atoms with Crippen molar-refractivity contribution in [3.8, 4) is 0 Å². The lowest BCUT2D eigenvalue weighted by Gasteiger charge is -2.20. The third-order valence-corrected chi connectivity index (χ3v) is 3.64. The molecule has 1 aromatic rings. The summed E-state index contributed by atoms with van der Waals surface area (Å²) in [6.45, 7) is 4.22. The van der Waals surface area contributed by atoms with Crippen LogP contribution in [0.2, 0.25) is 10.2 Å². The Kier molecular flexibility index (Phi) is 6.55. The normalized spacial score (nSPS) is 12.5. The van der Waals surface area contributed by atoms with Crippen molar-refractivity contribution in [3.63, 3.8) is 0 Å². The topological polar surface area (TPSA) is 62.2 Å². The van der Waals surface area contributed by atoms with Gasteiger partial charge in [0, 0.05) is 12.7 Å². The van der Waals surface area contributed by atoms with Crippen LogP contribution >= 0.6 is 23.2 Å². The summed E-state index contributed by atoms with van der Waals surface area (Å²) < 4.78 is 0. The van der Waals surface area contributed by atoms with Crippen LogP contribution in [-0.2, 0) is 0 Å². The van der Waals surface area contributed by atoms with Crippen LogP contribution in [0.5, 0.6) is 0 Å². The molecule has 2 N–H and O–H groups in total. The summed E-state index contributed by atoms with van der Waals surface area (Å²) in [5, 5.41) is 13.0. The van der Waals surface area contributed by atoms with Crippen molar-refractivity contribution >= 4 is 29.1 Å². The van der Waals surface area contributed by atoms with E-state index in [2.05, 4.69) is 10.3 Å². The van der Waals surface area contributed by atoms with Crippen molar-refractivity contribution in [2.75, 3.05) is 6.54 Å². The van der Waals surface area contributed by atoms with Gasteiger partial charge in [-0.05, 0) is 12.0 Å². The fourth-order valence-corrected chi connectivity index (χ4v) is 2.23. The van der Waals surface area contributed by atoms with Gasteiger partial charge in [0.25, 0.3) is 5.91 Å². The summed E-state index contributed by atoms with van der Waals surface area (Å²) in [5.41, 5.74) is 0.262. The van der Waals surface area contributed by atoms with E-state index >= 15 is 0 Å². The van der Waals surface area contributed by atoms with Gasteiger partial charge >= 0.3 is 0 Å². The van der Waals surface area contributed by atoms with Crippen molar-refractivity contribution in [1.82, 2.24) is 10.3 Å². The molecule has 1 heterocycles. The Bertz CT molecular complexity index is 437. The van der Waals surface area contributed by atoms with Crippen LogP contribution in [0.15, 0.2) is 12.3 Å². The minimum Gasteiger partial charge on any atom is -0.391 e. The van der Waals surface area contributed by atoms with Gasteiger partial charge in [0.05, 0.1) is 16.7 Å². The van der Waals surface area contributed by atoms with Crippen LogP contribution < -0.4 is 5.32 Å². The van der Waals surface area contributed by atoms with E-state index < -0.39 is 6.10 Å². The highest BCUT2D eigenvalue weighted by atomic mass is 35.5. The van der Waals surface area contributed by atoms with Crippen molar-refractivity contribution in [3.05, 3.63) is 28.0 Å². The van der Waals surface area contributed by atoms with Crippen LogP contribution in [0.4, 0.5) is 0 Å². The average molecular weight is 305 g/mol. The highest BCUT2D eigenvalue weighted by molar-refractivity contribution is 6.35. The molecule has 106 valence electrons. The molecule has 0 spiro atoms. The van der Waals surface area contributed by atoms with Gasteiger partial charge in [-0.1, -0.05) is 49.9 Å². The Labute approximate surface area is 123 Å². The zero-order valence-corrected chi connectivity index (χ0v) is 12.5. The molecule has 0 saturated carbocycles. The van der Waals surface area contributed by atoms with Gasteiger partial charge in [0.15, 0.2) is 0 Å². The average Bonchev–Trinajstić information content (AvgIpc) is 2.40. The number of aliphatic hydroxyl groups is 1. The largest absolute Gasteiger partial charge is 0.391 e. The number of carbonyl (C=O) groups is 1. The number of hydrogen-bond donors (Lipinski definition) is 2. The van der Waals surface area contributed by atoms with E-state index in [0.29, 0.717) is 0 Å². The maximum atomic E-state index is 11.9. The number of pyridine rings is 1. The summed E-state index contributed by atoms with van der Waals surface area (Å²) in [6.07, 6.45) is 2.51. The number of halogens is 2. The molecule has 1 atom stereocenters. The molecule has 1 unspecified atom stereocenters. The Morgan fingerprint density at radius 1 is 1.42 bits per heavy atom. The molecular formula is C13H18Cl2N2O2.